The van der Waals surface area contributed by atoms with Crippen LogP contribution in [0.2, 0.25) is 10.0 Å². The zero-order chi connectivity index (χ0) is 18.8. The van der Waals surface area contributed by atoms with E-state index in [-0.39, 0.29) is 30.2 Å². The molecule has 0 saturated carbocycles. The highest BCUT2D eigenvalue weighted by Gasteiger charge is 2.13. The van der Waals surface area contributed by atoms with Gasteiger partial charge in [0.1, 0.15) is 0 Å². The van der Waals surface area contributed by atoms with Gasteiger partial charge < -0.3 is 9.47 Å². The molecule has 0 aliphatic heterocycles. The molecule has 1 atom stereocenters. The maximum absolute atomic E-state index is 11.8. The molecule has 0 amide bonds. The number of hydrogen-bond acceptors (Lipinski definition) is 4. The summed E-state index contributed by atoms with van der Waals surface area (Å²) in [4.78, 5) is 23.5. The number of benzene rings is 1. The minimum Gasteiger partial charge on any atom is -0.463 e. The van der Waals surface area contributed by atoms with Crippen molar-refractivity contribution in [2.24, 2.45) is 5.92 Å². The monoisotopic (exact) mass is 388 g/mol. The molecule has 0 aliphatic rings. The summed E-state index contributed by atoms with van der Waals surface area (Å²) in [7, 11) is 0. The second kappa shape index (κ2) is 11.4. The Bertz CT molecular complexity index is 552. The molecule has 140 valence electrons. The highest BCUT2D eigenvalue weighted by atomic mass is 35.5. The third-order valence-corrected chi connectivity index (χ3v) is 4.13. The predicted octanol–water partition coefficient (Wildman–Crippen LogP) is 5.83. The van der Waals surface area contributed by atoms with Gasteiger partial charge in [-0.15, -0.1) is 0 Å². The van der Waals surface area contributed by atoms with Crippen LogP contribution in [0.1, 0.15) is 59.3 Å². The van der Waals surface area contributed by atoms with E-state index in [0.717, 1.165) is 12.8 Å². The van der Waals surface area contributed by atoms with Gasteiger partial charge in [0.25, 0.3) is 0 Å². The van der Waals surface area contributed by atoms with Crippen molar-refractivity contribution < 1.29 is 19.1 Å². The van der Waals surface area contributed by atoms with E-state index < -0.39 is 0 Å². The molecule has 0 bridgehead atoms. The van der Waals surface area contributed by atoms with Crippen molar-refractivity contribution in [2.75, 3.05) is 0 Å². The fourth-order valence-electron chi connectivity index (χ4n) is 2.46. The lowest BCUT2D eigenvalue weighted by atomic mass is 10.1. The van der Waals surface area contributed by atoms with Gasteiger partial charge in [-0.1, -0.05) is 49.5 Å². The largest absolute Gasteiger partial charge is 0.463 e. The van der Waals surface area contributed by atoms with Crippen LogP contribution in [0.25, 0.3) is 0 Å². The molecular weight excluding hydrogens is 363 g/mol. The van der Waals surface area contributed by atoms with E-state index in [1.54, 1.807) is 18.2 Å². The van der Waals surface area contributed by atoms with Crippen molar-refractivity contribution in [1.82, 2.24) is 0 Å². The van der Waals surface area contributed by atoms with Gasteiger partial charge in [-0.05, 0) is 44.2 Å². The van der Waals surface area contributed by atoms with Crippen LogP contribution in [0, 0.1) is 5.92 Å². The number of rotatable bonds is 10. The van der Waals surface area contributed by atoms with Gasteiger partial charge >= 0.3 is 11.9 Å². The van der Waals surface area contributed by atoms with Crippen LogP contribution in [0.3, 0.4) is 0 Å². The highest BCUT2D eigenvalue weighted by molar-refractivity contribution is 6.37. The van der Waals surface area contributed by atoms with Crippen LogP contribution >= 0.6 is 23.2 Å². The van der Waals surface area contributed by atoms with Crippen molar-refractivity contribution in [2.45, 2.75) is 65.4 Å². The van der Waals surface area contributed by atoms with Crippen LogP contribution in [0.5, 0.6) is 5.75 Å². The molecule has 0 N–H and O–H groups in total. The molecule has 0 saturated heterocycles. The zero-order valence-corrected chi connectivity index (χ0v) is 16.5. The van der Waals surface area contributed by atoms with Gasteiger partial charge in [-0.3, -0.25) is 9.59 Å². The molecule has 4 nitrogen and oxygen atoms in total. The second-order valence-electron chi connectivity index (χ2n) is 6.52. The van der Waals surface area contributed by atoms with Crippen molar-refractivity contribution in [3.63, 3.8) is 0 Å². The SMILES string of the molecule is CC(C)CC(C)OC(=O)CCCCCC(=O)Oc1c(Cl)cccc1Cl. The quantitative estimate of drug-likeness (QED) is 0.287. The minimum absolute atomic E-state index is 0.0529. The zero-order valence-electron chi connectivity index (χ0n) is 15.0. The lowest BCUT2D eigenvalue weighted by Gasteiger charge is -2.15. The minimum atomic E-state index is -0.386. The topological polar surface area (TPSA) is 52.6 Å². The van der Waals surface area contributed by atoms with Crippen LogP contribution in [-0.4, -0.2) is 18.0 Å². The fraction of sp³-hybridized carbons (Fsp3) is 0.579. The summed E-state index contributed by atoms with van der Waals surface area (Å²) >= 11 is 11.9. The number of para-hydroxylation sites is 1. The van der Waals surface area contributed by atoms with Gasteiger partial charge in [-0.25, -0.2) is 0 Å². The van der Waals surface area contributed by atoms with Crippen molar-refractivity contribution in [3.8, 4) is 5.75 Å². The Morgan fingerprint density at radius 3 is 2.08 bits per heavy atom. The molecule has 1 unspecified atom stereocenters. The Morgan fingerprint density at radius 2 is 1.52 bits per heavy atom. The molecule has 0 heterocycles. The first-order valence-corrected chi connectivity index (χ1v) is 9.39. The number of carbonyl (C=O) groups excluding carboxylic acids is 2. The standard InChI is InChI=1S/C19H26Cl2O4/c1-13(2)12-14(3)24-17(22)10-5-4-6-11-18(23)25-19-15(20)8-7-9-16(19)21/h7-9,13-14H,4-6,10-12H2,1-3H3. The summed E-state index contributed by atoms with van der Waals surface area (Å²) in [6.07, 6.45) is 3.50. The molecule has 1 rings (SSSR count). The van der Waals surface area contributed by atoms with Crippen LogP contribution in [0.15, 0.2) is 18.2 Å². The first kappa shape index (κ1) is 21.8. The number of halogens is 2. The third-order valence-electron chi connectivity index (χ3n) is 3.53. The maximum Gasteiger partial charge on any atom is 0.311 e. The van der Waals surface area contributed by atoms with Crippen molar-refractivity contribution in [1.29, 1.82) is 0 Å². The van der Waals surface area contributed by atoms with Crippen LogP contribution in [0.4, 0.5) is 0 Å². The van der Waals surface area contributed by atoms with E-state index in [1.807, 2.05) is 6.92 Å². The number of hydrogen-bond donors (Lipinski definition) is 0. The first-order valence-electron chi connectivity index (χ1n) is 8.63. The number of esters is 2. The molecule has 1 aromatic carbocycles. The number of unbranched alkanes of at least 4 members (excludes halogenated alkanes) is 2. The van der Waals surface area contributed by atoms with E-state index in [9.17, 15) is 9.59 Å². The molecular formula is C19H26Cl2O4. The Morgan fingerprint density at radius 1 is 0.960 bits per heavy atom. The Labute approximate surface area is 159 Å². The average molecular weight is 389 g/mol. The highest BCUT2D eigenvalue weighted by Crippen LogP contribution is 2.32. The molecule has 0 aliphatic carbocycles. The summed E-state index contributed by atoms with van der Waals surface area (Å²) in [6, 6.07) is 4.91. The third kappa shape index (κ3) is 9.13. The molecule has 0 aromatic heterocycles. The number of ether oxygens (including phenoxy) is 2. The van der Waals surface area contributed by atoms with E-state index in [0.29, 0.717) is 35.2 Å². The smallest absolute Gasteiger partial charge is 0.311 e. The molecule has 25 heavy (non-hydrogen) atoms. The summed E-state index contributed by atoms with van der Waals surface area (Å²) in [5.74, 6) is 0.126. The van der Waals surface area contributed by atoms with E-state index >= 15 is 0 Å². The molecule has 1 aromatic rings. The average Bonchev–Trinajstić information content (AvgIpc) is 2.49. The Balaban J connectivity index is 2.19. The normalized spacial score (nSPS) is 12.1. The van der Waals surface area contributed by atoms with Gasteiger partial charge in [-0.2, -0.15) is 0 Å². The number of carbonyl (C=O) groups is 2. The van der Waals surface area contributed by atoms with Crippen molar-refractivity contribution >= 4 is 35.1 Å². The summed E-state index contributed by atoms with van der Waals surface area (Å²) in [5.41, 5.74) is 0. The van der Waals surface area contributed by atoms with E-state index in [2.05, 4.69) is 13.8 Å². The van der Waals surface area contributed by atoms with Crippen LogP contribution in [-0.2, 0) is 14.3 Å². The molecule has 0 radical (unpaired) electrons. The Hall–Kier alpha value is -1.26. The summed E-state index contributed by atoms with van der Waals surface area (Å²) in [5, 5.41) is 0.609. The van der Waals surface area contributed by atoms with Crippen LogP contribution < -0.4 is 4.74 Å². The molecule has 6 heteroatoms. The maximum atomic E-state index is 11.8. The lowest BCUT2D eigenvalue weighted by molar-refractivity contribution is -0.149. The first-order chi connectivity index (χ1) is 11.8. The van der Waals surface area contributed by atoms with Gasteiger partial charge in [0, 0.05) is 12.8 Å². The fourth-order valence-corrected chi connectivity index (χ4v) is 2.93. The second-order valence-corrected chi connectivity index (χ2v) is 7.33. The molecule has 0 fully saturated rings. The van der Waals surface area contributed by atoms with E-state index in [1.165, 1.54) is 0 Å². The van der Waals surface area contributed by atoms with E-state index in [4.69, 9.17) is 32.7 Å². The lowest BCUT2D eigenvalue weighted by Crippen LogP contribution is -2.16. The molecule has 0 spiro atoms. The Kier molecular flexibility index (Phi) is 9.91. The summed E-state index contributed by atoms with van der Waals surface area (Å²) in [6.45, 7) is 6.10. The predicted molar refractivity (Wildman–Crippen MR) is 100 cm³/mol. The van der Waals surface area contributed by atoms with Gasteiger partial charge in [0.2, 0.25) is 0 Å². The van der Waals surface area contributed by atoms with Gasteiger partial charge in [0.05, 0.1) is 16.1 Å². The van der Waals surface area contributed by atoms with Crippen molar-refractivity contribution in [3.05, 3.63) is 28.2 Å². The summed E-state index contributed by atoms with van der Waals surface area (Å²) < 4.78 is 10.5. The van der Waals surface area contributed by atoms with Gasteiger partial charge in [0.15, 0.2) is 5.75 Å².